The highest BCUT2D eigenvalue weighted by molar-refractivity contribution is 4.45. The standard InChI is InChI=1S/C4H12N2O/c1-4(7)2-3-6-5/h4,6-7H,2-3,5H2,1H3/t4-/m0/s1. The van der Waals surface area contributed by atoms with E-state index in [0.29, 0.717) is 6.54 Å². The summed E-state index contributed by atoms with van der Waals surface area (Å²) >= 11 is 0. The first-order valence-corrected chi connectivity index (χ1v) is 2.39. The number of aliphatic hydroxyl groups is 1. The van der Waals surface area contributed by atoms with E-state index >= 15 is 0 Å². The summed E-state index contributed by atoms with van der Waals surface area (Å²) < 4.78 is 0. The third kappa shape index (κ3) is 5.88. The predicted octanol–water partition coefficient (Wildman–Crippen LogP) is -0.779. The fourth-order valence-electron chi connectivity index (χ4n) is 0.292. The van der Waals surface area contributed by atoms with Gasteiger partial charge in [0.25, 0.3) is 0 Å². The second-order valence-electron chi connectivity index (χ2n) is 1.59. The van der Waals surface area contributed by atoms with Crippen LogP contribution in [0.4, 0.5) is 0 Å². The summed E-state index contributed by atoms with van der Waals surface area (Å²) in [5.41, 5.74) is 2.44. The number of nitrogens with two attached hydrogens (primary N) is 1. The van der Waals surface area contributed by atoms with Gasteiger partial charge in [0.15, 0.2) is 0 Å². The third-order valence-electron chi connectivity index (χ3n) is 0.706. The normalized spacial score (nSPS) is 14.1. The molecule has 0 aliphatic carbocycles. The molecule has 0 aromatic heterocycles. The molecular weight excluding hydrogens is 92.1 g/mol. The van der Waals surface area contributed by atoms with Crippen LogP contribution in [0.25, 0.3) is 0 Å². The Morgan fingerprint density at radius 2 is 2.43 bits per heavy atom. The first-order valence-electron chi connectivity index (χ1n) is 2.39. The molecule has 4 N–H and O–H groups in total. The van der Waals surface area contributed by atoms with Crippen molar-refractivity contribution in [1.29, 1.82) is 0 Å². The predicted molar refractivity (Wildman–Crippen MR) is 28.5 cm³/mol. The van der Waals surface area contributed by atoms with Crippen molar-refractivity contribution < 1.29 is 5.11 Å². The summed E-state index contributed by atoms with van der Waals surface area (Å²) in [6.45, 7) is 2.41. The Balaban J connectivity index is 2.68. The van der Waals surface area contributed by atoms with Crippen LogP contribution >= 0.6 is 0 Å². The average molecular weight is 104 g/mol. The lowest BCUT2D eigenvalue weighted by Gasteiger charge is -1.99. The zero-order chi connectivity index (χ0) is 5.70. The SMILES string of the molecule is C[C@H](O)CCNN. The van der Waals surface area contributed by atoms with E-state index in [1.165, 1.54) is 0 Å². The Kier molecular flexibility index (Phi) is 3.98. The molecule has 0 aliphatic rings. The minimum atomic E-state index is -0.240. The van der Waals surface area contributed by atoms with Crippen LogP contribution in [0.15, 0.2) is 0 Å². The number of hydrogen-bond acceptors (Lipinski definition) is 3. The zero-order valence-corrected chi connectivity index (χ0v) is 4.52. The van der Waals surface area contributed by atoms with Crippen LogP contribution in [0.2, 0.25) is 0 Å². The molecule has 0 aromatic carbocycles. The Hall–Kier alpha value is -0.120. The summed E-state index contributed by atoms with van der Waals surface area (Å²) in [7, 11) is 0. The molecule has 0 amide bonds. The monoisotopic (exact) mass is 104 g/mol. The van der Waals surface area contributed by atoms with Crippen molar-refractivity contribution >= 4 is 0 Å². The maximum Gasteiger partial charge on any atom is 0.0524 e. The van der Waals surface area contributed by atoms with Gasteiger partial charge in [-0.05, 0) is 13.3 Å². The van der Waals surface area contributed by atoms with E-state index in [1.54, 1.807) is 6.92 Å². The number of hydrogen-bond donors (Lipinski definition) is 3. The van der Waals surface area contributed by atoms with E-state index in [2.05, 4.69) is 5.43 Å². The molecule has 0 saturated heterocycles. The van der Waals surface area contributed by atoms with Crippen LogP contribution in [-0.2, 0) is 0 Å². The van der Waals surface area contributed by atoms with Gasteiger partial charge in [-0.3, -0.25) is 11.3 Å². The van der Waals surface area contributed by atoms with Crippen molar-refractivity contribution in [2.45, 2.75) is 19.4 Å². The second-order valence-corrected chi connectivity index (χ2v) is 1.59. The Bertz CT molecular complexity index is 38.7. The molecule has 44 valence electrons. The van der Waals surface area contributed by atoms with Crippen LogP contribution < -0.4 is 11.3 Å². The van der Waals surface area contributed by atoms with E-state index in [4.69, 9.17) is 10.9 Å². The molecule has 3 heteroatoms. The molecule has 0 rings (SSSR count). The van der Waals surface area contributed by atoms with Crippen molar-refractivity contribution in [2.75, 3.05) is 6.54 Å². The fourth-order valence-corrected chi connectivity index (χ4v) is 0.292. The quantitative estimate of drug-likeness (QED) is 0.325. The van der Waals surface area contributed by atoms with Gasteiger partial charge in [-0.25, -0.2) is 0 Å². The minimum Gasteiger partial charge on any atom is -0.393 e. The minimum absolute atomic E-state index is 0.240. The molecular formula is C4H12N2O. The lowest BCUT2D eigenvalue weighted by Crippen LogP contribution is -2.25. The van der Waals surface area contributed by atoms with Gasteiger partial charge in [-0.2, -0.15) is 0 Å². The van der Waals surface area contributed by atoms with Crippen LogP contribution in [0.5, 0.6) is 0 Å². The number of hydrazine groups is 1. The first kappa shape index (κ1) is 6.88. The number of aliphatic hydroxyl groups excluding tert-OH is 1. The molecule has 0 aromatic rings. The fraction of sp³-hybridized carbons (Fsp3) is 1.00. The van der Waals surface area contributed by atoms with Crippen molar-refractivity contribution in [3.8, 4) is 0 Å². The van der Waals surface area contributed by atoms with E-state index < -0.39 is 0 Å². The van der Waals surface area contributed by atoms with Gasteiger partial charge in [-0.1, -0.05) is 0 Å². The number of nitrogens with one attached hydrogen (secondary N) is 1. The van der Waals surface area contributed by atoms with E-state index in [1.807, 2.05) is 0 Å². The van der Waals surface area contributed by atoms with Gasteiger partial charge >= 0.3 is 0 Å². The molecule has 0 aliphatic heterocycles. The van der Waals surface area contributed by atoms with Crippen LogP contribution in [0.3, 0.4) is 0 Å². The van der Waals surface area contributed by atoms with Crippen molar-refractivity contribution in [3.05, 3.63) is 0 Å². The molecule has 0 bridgehead atoms. The van der Waals surface area contributed by atoms with Gasteiger partial charge in [-0.15, -0.1) is 0 Å². The lowest BCUT2D eigenvalue weighted by atomic mass is 10.3. The van der Waals surface area contributed by atoms with Crippen molar-refractivity contribution in [2.24, 2.45) is 5.84 Å². The molecule has 1 atom stereocenters. The Labute approximate surface area is 43.5 Å². The van der Waals surface area contributed by atoms with E-state index in [9.17, 15) is 0 Å². The van der Waals surface area contributed by atoms with Crippen molar-refractivity contribution in [1.82, 2.24) is 5.43 Å². The molecule has 7 heavy (non-hydrogen) atoms. The maximum absolute atomic E-state index is 8.59. The highest BCUT2D eigenvalue weighted by atomic mass is 16.3. The molecule has 0 unspecified atom stereocenters. The first-order chi connectivity index (χ1) is 3.27. The molecule has 0 radical (unpaired) electrons. The number of rotatable bonds is 3. The third-order valence-corrected chi connectivity index (χ3v) is 0.706. The Morgan fingerprint density at radius 1 is 1.86 bits per heavy atom. The van der Waals surface area contributed by atoms with Gasteiger partial charge in [0, 0.05) is 6.54 Å². The topological polar surface area (TPSA) is 58.3 Å². The van der Waals surface area contributed by atoms with E-state index in [-0.39, 0.29) is 6.10 Å². The van der Waals surface area contributed by atoms with Gasteiger partial charge in [0.1, 0.15) is 0 Å². The van der Waals surface area contributed by atoms with Crippen LogP contribution in [0.1, 0.15) is 13.3 Å². The summed E-state index contributed by atoms with van der Waals surface area (Å²) in [5.74, 6) is 4.92. The largest absolute Gasteiger partial charge is 0.393 e. The Morgan fingerprint density at radius 3 is 2.57 bits per heavy atom. The van der Waals surface area contributed by atoms with E-state index in [0.717, 1.165) is 6.42 Å². The summed E-state index contributed by atoms with van der Waals surface area (Å²) in [6, 6.07) is 0. The van der Waals surface area contributed by atoms with Crippen molar-refractivity contribution in [3.63, 3.8) is 0 Å². The van der Waals surface area contributed by atoms with Gasteiger partial charge in [0.2, 0.25) is 0 Å². The highest BCUT2D eigenvalue weighted by Gasteiger charge is 1.90. The van der Waals surface area contributed by atoms with Gasteiger partial charge < -0.3 is 5.11 Å². The average Bonchev–Trinajstić information content (AvgIpc) is 1.61. The molecule has 0 fully saturated rings. The maximum atomic E-state index is 8.59. The second kappa shape index (κ2) is 4.05. The molecule has 3 nitrogen and oxygen atoms in total. The van der Waals surface area contributed by atoms with Crippen LogP contribution in [-0.4, -0.2) is 17.8 Å². The summed E-state index contributed by atoms with van der Waals surface area (Å²) in [5, 5.41) is 8.59. The summed E-state index contributed by atoms with van der Waals surface area (Å²) in [4.78, 5) is 0. The zero-order valence-electron chi connectivity index (χ0n) is 4.52. The lowest BCUT2D eigenvalue weighted by molar-refractivity contribution is 0.184. The summed E-state index contributed by atoms with van der Waals surface area (Å²) in [6.07, 6.45) is 0.479. The smallest absolute Gasteiger partial charge is 0.0524 e. The molecule has 0 saturated carbocycles. The molecule has 0 spiro atoms. The van der Waals surface area contributed by atoms with Gasteiger partial charge in [0.05, 0.1) is 6.10 Å². The highest BCUT2D eigenvalue weighted by Crippen LogP contribution is 1.83. The molecule has 0 heterocycles. The van der Waals surface area contributed by atoms with Crippen LogP contribution in [0, 0.1) is 0 Å².